The fourth-order valence-electron chi connectivity index (χ4n) is 4.36. The van der Waals surface area contributed by atoms with Crippen LogP contribution in [0.1, 0.15) is 28.2 Å². The number of fused-ring (bicyclic) bond motifs is 1. The predicted molar refractivity (Wildman–Crippen MR) is 119 cm³/mol. The van der Waals surface area contributed by atoms with Crippen molar-refractivity contribution in [3.8, 4) is 11.5 Å². The Balaban J connectivity index is 1.53. The first-order valence-corrected chi connectivity index (χ1v) is 10.4. The molecule has 0 aromatic heterocycles. The Labute approximate surface area is 178 Å². The summed E-state index contributed by atoms with van der Waals surface area (Å²) in [5, 5.41) is 14.5. The van der Waals surface area contributed by atoms with Crippen LogP contribution < -0.4 is 14.8 Å². The van der Waals surface area contributed by atoms with Gasteiger partial charge in [-0.15, -0.1) is 0 Å². The van der Waals surface area contributed by atoms with Gasteiger partial charge < -0.3 is 19.9 Å². The Bertz CT molecular complexity index is 919. The monoisotopic (exact) mass is 403 g/mol. The van der Waals surface area contributed by atoms with Crippen LogP contribution in [0.4, 0.5) is 0 Å². The molecular weight excluding hydrogens is 374 g/mol. The molecule has 0 aliphatic heterocycles. The normalized spacial score (nSPS) is 18.1. The van der Waals surface area contributed by atoms with E-state index >= 15 is 0 Å². The van der Waals surface area contributed by atoms with Crippen molar-refractivity contribution in [1.29, 1.82) is 0 Å². The molecular formula is C26H29NO3. The van der Waals surface area contributed by atoms with Gasteiger partial charge in [-0.3, -0.25) is 0 Å². The highest BCUT2D eigenvalue weighted by molar-refractivity contribution is 5.49. The average molecular weight is 404 g/mol. The Morgan fingerprint density at radius 2 is 1.33 bits per heavy atom. The fraction of sp³-hybridized carbons (Fsp3) is 0.308. The molecule has 4 rings (SSSR count). The maximum absolute atomic E-state index is 10.8. The number of benzene rings is 3. The summed E-state index contributed by atoms with van der Waals surface area (Å²) < 4.78 is 10.9. The average Bonchev–Trinajstić information content (AvgIpc) is 2.80. The van der Waals surface area contributed by atoms with Gasteiger partial charge in [0.05, 0.1) is 20.3 Å². The highest BCUT2D eigenvalue weighted by Crippen LogP contribution is 2.34. The third-order valence-corrected chi connectivity index (χ3v) is 6.03. The van der Waals surface area contributed by atoms with Crippen LogP contribution in [0.15, 0.2) is 72.8 Å². The quantitative estimate of drug-likeness (QED) is 0.627. The number of methoxy groups -OCH3 is 2. The molecule has 1 aliphatic carbocycles. The van der Waals surface area contributed by atoms with Gasteiger partial charge in [-0.2, -0.15) is 0 Å². The third-order valence-electron chi connectivity index (χ3n) is 6.03. The van der Waals surface area contributed by atoms with Crippen molar-refractivity contribution in [1.82, 2.24) is 5.32 Å². The lowest BCUT2D eigenvalue weighted by molar-refractivity contribution is 0.119. The minimum absolute atomic E-state index is 0.00877. The van der Waals surface area contributed by atoms with Crippen molar-refractivity contribution in [2.75, 3.05) is 20.8 Å². The maximum atomic E-state index is 10.8. The molecule has 3 aromatic rings. The molecule has 0 fully saturated rings. The van der Waals surface area contributed by atoms with E-state index < -0.39 is 6.10 Å². The number of rotatable bonds is 7. The summed E-state index contributed by atoms with van der Waals surface area (Å²) in [6.45, 7) is 0.762. The van der Waals surface area contributed by atoms with Crippen LogP contribution in [-0.2, 0) is 12.8 Å². The summed E-state index contributed by atoms with van der Waals surface area (Å²) in [6.07, 6.45) is 0.921. The predicted octanol–water partition coefficient (Wildman–Crippen LogP) is 3.95. The molecule has 0 radical (unpaired) electrons. The van der Waals surface area contributed by atoms with Crippen LogP contribution in [0.3, 0.4) is 0 Å². The van der Waals surface area contributed by atoms with Crippen LogP contribution in [-0.4, -0.2) is 38.0 Å². The lowest BCUT2D eigenvalue weighted by Gasteiger charge is -2.32. The van der Waals surface area contributed by atoms with E-state index in [1.54, 1.807) is 14.2 Å². The van der Waals surface area contributed by atoms with Crippen molar-refractivity contribution in [3.63, 3.8) is 0 Å². The molecule has 30 heavy (non-hydrogen) atoms. The summed E-state index contributed by atoms with van der Waals surface area (Å²) in [5.41, 5.74) is 4.87. The fourth-order valence-corrected chi connectivity index (χ4v) is 4.36. The van der Waals surface area contributed by atoms with Crippen LogP contribution in [0.2, 0.25) is 0 Å². The Morgan fingerprint density at radius 3 is 1.83 bits per heavy atom. The topological polar surface area (TPSA) is 50.7 Å². The van der Waals surface area contributed by atoms with E-state index in [2.05, 4.69) is 53.8 Å². The van der Waals surface area contributed by atoms with Gasteiger partial charge in [0.25, 0.3) is 0 Å². The highest BCUT2D eigenvalue weighted by atomic mass is 16.5. The number of ether oxygens (including phenoxy) is 2. The molecule has 4 heteroatoms. The summed E-state index contributed by atoms with van der Waals surface area (Å²) in [4.78, 5) is 0. The molecule has 0 saturated carbocycles. The SMILES string of the molecule is COc1cc2c(cc1OC)C[C@@H](NCC(c1ccccc1)c1ccccc1)[C@H](O)C2. The molecule has 2 N–H and O–H groups in total. The van der Waals surface area contributed by atoms with E-state index in [9.17, 15) is 5.11 Å². The molecule has 0 unspecified atom stereocenters. The second-order valence-corrected chi connectivity index (χ2v) is 7.84. The number of nitrogens with one attached hydrogen (secondary N) is 1. The van der Waals surface area contributed by atoms with Gasteiger partial charge in [0.2, 0.25) is 0 Å². The number of hydrogen-bond donors (Lipinski definition) is 2. The molecule has 0 amide bonds. The largest absolute Gasteiger partial charge is 0.493 e. The third kappa shape index (κ3) is 4.35. The van der Waals surface area contributed by atoms with Crippen LogP contribution in [0, 0.1) is 0 Å². The van der Waals surface area contributed by atoms with Gasteiger partial charge in [0.15, 0.2) is 11.5 Å². The lowest BCUT2D eigenvalue weighted by Crippen LogP contribution is -2.46. The molecule has 0 spiro atoms. The Morgan fingerprint density at radius 1 is 0.833 bits per heavy atom. The first-order valence-electron chi connectivity index (χ1n) is 10.4. The van der Waals surface area contributed by atoms with Gasteiger partial charge in [0, 0.05) is 24.9 Å². The van der Waals surface area contributed by atoms with Crippen molar-refractivity contribution >= 4 is 0 Å². The zero-order valence-electron chi connectivity index (χ0n) is 17.5. The van der Waals surface area contributed by atoms with E-state index in [-0.39, 0.29) is 12.0 Å². The van der Waals surface area contributed by atoms with Gasteiger partial charge >= 0.3 is 0 Å². The molecule has 0 saturated heterocycles. The summed E-state index contributed by atoms with van der Waals surface area (Å²) in [6, 6.07) is 25.1. The van der Waals surface area contributed by atoms with Crippen LogP contribution >= 0.6 is 0 Å². The zero-order chi connectivity index (χ0) is 20.9. The van der Waals surface area contributed by atoms with Crippen LogP contribution in [0.5, 0.6) is 11.5 Å². The first-order chi connectivity index (χ1) is 14.7. The van der Waals surface area contributed by atoms with E-state index in [1.165, 1.54) is 16.7 Å². The summed E-state index contributed by atoms with van der Waals surface area (Å²) in [7, 11) is 3.29. The van der Waals surface area contributed by atoms with E-state index in [0.717, 1.165) is 24.3 Å². The molecule has 0 heterocycles. The summed E-state index contributed by atoms with van der Waals surface area (Å²) in [5.74, 6) is 1.67. The van der Waals surface area contributed by atoms with Gasteiger partial charge in [-0.1, -0.05) is 60.7 Å². The van der Waals surface area contributed by atoms with E-state index in [4.69, 9.17) is 9.47 Å². The molecule has 1 aliphatic rings. The standard InChI is InChI=1S/C26H29NO3/c1-29-25-15-20-13-23(24(28)14-21(20)16-26(25)30-2)27-17-22(18-9-5-3-6-10-18)19-11-7-4-8-12-19/h3-12,15-16,22-24,27-28H,13-14,17H2,1-2H3/t23-,24-/m1/s1. The Kier molecular flexibility index (Phi) is 6.36. The smallest absolute Gasteiger partial charge is 0.161 e. The minimum atomic E-state index is -0.442. The minimum Gasteiger partial charge on any atom is -0.493 e. The maximum Gasteiger partial charge on any atom is 0.161 e. The van der Waals surface area contributed by atoms with Crippen molar-refractivity contribution in [2.45, 2.75) is 30.9 Å². The van der Waals surface area contributed by atoms with Gasteiger partial charge in [-0.25, -0.2) is 0 Å². The van der Waals surface area contributed by atoms with Crippen molar-refractivity contribution in [2.24, 2.45) is 0 Å². The molecule has 4 nitrogen and oxygen atoms in total. The Hall–Kier alpha value is -2.82. The molecule has 2 atom stereocenters. The number of hydrogen-bond acceptors (Lipinski definition) is 4. The van der Waals surface area contributed by atoms with Crippen LogP contribution in [0.25, 0.3) is 0 Å². The second-order valence-electron chi connectivity index (χ2n) is 7.84. The summed E-state index contributed by atoms with van der Waals surface area (Å²) >= 11 is 0. The van der Waals surface area contributed by atoms with E-state index in [0.29, 0.717) is 12.2 Å². The molecule has 3 aromatic carbocycles. The number of aliphatic hydroxyl groups is 1. The van der Waals surface area contributed by atoms with Crippen molar-refractivity contribution in [3.05, 3.63) is 95.1 Å². The molecule has 156 valence electrons. The molecule has 0 bridgehead atoms. The van der Waals surface area contributed by atoms with E-state index in [1.807, 2.05) is 24.3 Å². The highest BCUT2D eigenvalue weighted by Gasteiger charge is 2.29. The zero-order valence-corrected chi connectivity index (χ0v) is 17.5. The lowest BCUT2D eigenvalue weighted by atomic mass is 9.85. The van der Waals surface area contributed by atoms with Gasteiger partial charge in [-0.05, 0) is 40.8 Å². The second kappa shape index (κ2) is 9.33. The van der Waals surface area contributed by atoms with Crippen molar-refractivity contribution < 1.29 is 14.6 Å². The number of aliphatic hydroxyl groups excluding tert-OH is 1. The van der Waals surface area contributed by atoms with Gasteiger partial charge in [0.1, 0.15) is 0 Å². The first kappa shape index (κ1) is 20.5.